The Morgan fingerprint density at radius 3 is 2.78 bits per heavy atom. The van der Waals surface area contributed by atoms with Crippen molar-refractivity contribution in [2.24, 2.45) is 0 Å². The predicted molar refractivity (Wildman–Crippen MR) is 59.8 cm³/mol. The molecule has 8 heteroatoms. The van der Waals surface area contributed by atoms with Crippen molar-refractivity contribution < 1.29 is 24.2 Å². The minimum atomic E-state index is -1.31. The number of carbonyl (C=O) groups is 2. The second-order valence-electron chi connectivity index (χ2n) is 3.37. The molecule has 0 saturated heterocycles. The minimum Gasteiger partial charge on any atom is -0.480 e. The first-order chi connectivity index (χ1) is 8.45. The Kier molecular flexibility index (Phi) is 4.99. The van der Waals surface area contributed by atoms with Gasteiger partial charge in [-0.25, -0.2) is 14.2 Å². The molecule has 1 amide bonds. The standard InChI is InChI=1S/C10H10ClFN2O4/c11-8-6(3-5(12)4-13-8)9(16)14-7(1-2-15)10(17)18/h3-4,7,15H,1-2H2,(H,14,16)(H,17,18)/t7-/m0/s1. The third-order valence-corrected chi connectivity index (χ3v) is 2.37. The summed E-state index contributed by atoms with van der Waals surface area (Å²) in [5.41, 5.74) is -0.263. The molecular formula is C10H10ClFN2O4. The Balaban J connectivity index is 2.86. The monoisotopic (exact) mass is 276 g/mol. The molecule has 0 aliphatic rings. The van der Waals surface area contributed by atoms with Gasteiger partial charge in [-0.3, -0.25) is 4.79 Å². The highest BCUT2D eigenvalue weighted by Gasteiger charge is 2.22. The van der Waals surface area contributed by atoms with E-state index < -0.39 is 30.3 Å². The van der Waals surface area contributed by atoms with Crippen LogP contribution in [0.4, 0.5) is 4.39 Å². The second-order valence-corrected chi connectivity index (χ2v) is 3.73. The number of aliphatic hydroxyl groups is 1. The summed E-state index contributed by atoms with van der Waals surface area (Å²) in [5.74, 6) is -2.94. The molecule has 1 aromatic rings. The molecule has 0 aliphatic carbocycles. The molecule has 0 spiro atoms. The molecule has 1 heterocycles. The van der Waals surface area contributed by atoms with Crippen LogP contribution in [-0.2, 0) is 4.79 Å². The lowest BCUT2D eigenvalue weighted by Crippen LogP contribution is -2.41. The molecule has 0 aromatic carbocycles. The maximum absolute atomic E-state index is 12.9. The number of aliphatic hydroxyl groups excluding tert-OH is 1. The summed E-state index contributed by atoms with van der Waals surface area (Å²) < 4.78 is 12.9. The van der Waals surface area contributed by atoms with Gasteiger partial charge in [0.1, 0.15) is 17.0 Å². The lowest BCUT2D eigenvalue weighted by atomic mass is 10.2. The van der Waals surface area contributed by atoms with E-state index in [4.69, 9.17) is 21.8 Å². The third-order valence-electron chi connectivity index (χ3n) is 2.07. The molecule has 18 heavy (non-hydrogen) atoms. The molecule has 0 bridgehead atoms. The number of nitrogens with one attached hydrogen (secondary N) is 1. The first-order valence-corrected chi connectivity index (χ1v) is 5.29. The van der Waals surface area contributed by atoms with Crippen LogP contribution >= 0.6 is 11.6 Å². The highest BCUT2D eigenvalue weighted by atomic mass is 35.5. The number of nitrogens with zero attached hydrogens (tertiary/aromatic N) is 1. The Hall–Kier alpha value is -1.73. The van der Waals surface area contributed by atoms with Gasteiger partial charge in [0, 0.05) is 13.0 Å². The van der Waals surface area contributed by atoms with Crippen LogP contribution in [0.2, 0.25) is 5.15 Å². The number of carbonyl (C=O) groups excluding carboxylic acids is 1. The molecule has 1 rings (SSSR count). The summed E-state index contributed by atoms with van der Waals surface area (Å²) >= 11 is 5.60. The maximum Gasteiger partial charge on any atom is 0.326 e. The summed E-state index contributed by atoms with van der Waals surface area (Å²) in [6.07, 6.45) is 0.670. The van der Waals surface area contributed by atoms with Crippen molar-refractivity contribution in [3.63, 3.8) is 0 Å². The number of amides is 1. The van der Waals surface area contributed by atoms with E-state index >= 15 is 0 Å². The smallest absolute Gasteiger partial charge is 0.326 e. The van der Waals surface area contributed by atoms with E-state index in [0.29, 0.717) is 0 Å². The number of hydrogen-bond acceptors (Lipinski definition) is 4. The molecule has 0 fully saturated rings. The van der Waals surface area contributed by atoms with Crippen molar-refractivity contribution in [2.75, 3.05) is 6.61 Å². The zero-order valence-corrected chi connectivity index (χ0v) is 9.82. The van der Waals surface area contributed by atoms with Crippen molar-refractivity contribution in [1.29, 1.82) is 0 Å². The number of rotatable bonds is 5. The number of carboxylic acid groups (broad SMARTS) is 1. The first kappa shape index (κ1) is 14.3. The van der Waals surface area contributed by atoms with E-state index in [1.54, 1.807) is 0 Å². The van der Waals surface area contributed by atoms with Crippen LogP contribution in [0.5, 0.6) is 0 Å². The van der Waals surface area contributed by atoms with E-state index in [1.165, 1.54) is 0 Å². The topological polar surface area (TPSA) is 99.5 Å². The molecule has 0 aliphatic heterocycles. The van der Waals surface area contributed by atoms with Crippen LogP contribution in [0.1, 0.15) is 16.8 Å². The largest absolute Gasteiger partial charge is 0.480 e. The van der Waals surface area contributed by atoms with Gasteiger partial charge in [-0.05, 0) is 6.07 Å². The number of hydrogen-bond donors (Lipinski definition) is 3. The van der Waals surface area contributed by atoms with Gasteiger partial charge in [0.25, 0.3) is 5.91 Å². The van der Waals surface area contributed by atoms with E-state index in [0.717, 1.165) is 12.3 Å². The van der Waals surface area contributed by atoms with Gasteiger partial charge in [-0.1, -0.05) is 11.6 Å². The van der Waals surface area contributed by atoms with Gasteiger partial charge in [0.05, 0.1) is 11.8 Å². The molecule has 1 aromatic heterocycles. The van der Waals surface area contributed by atoms with Crippen molar-refractivity contribution in [1.82, 2.24) is 10.3 Å². The van der Waals surface area contributed by atoms with Gasteiger partial charge in [-0.2, -0.15) is 0 Å². The fourth-order valence-electron chi connectivity index (χ4n) is 1.20. The normalized spacial score (nSPS) is 11.9. The predicted octanol–water partition coefficient (Wildman–Crippen LogP) is 0.439. The molecule has 1 atom stereocenters. The van der Waals surface area contributed by atoms with E-state index in [-0.39, 0.29) is 17.1 Å². The number of aliphatic carboxylic acids is 1. The van der Waals surface area contributed by atoms with Gasteiger partial charge >= 0.3 is 5.97 Å². The van der Waals surface area contributed by atoms with Gasteiger partial charge < -0.3 is 15.5 Å². The molecule has 0 saturated carbocycles. The van der Waals surface area contributed by atoms with Gasteiger partial charge in [-0.15, -0.1) is 0 Å². The number of carboxylic acids is 1. The first-order valence-electron chi connectivity index (χ1n) is 4.91. The highest BCUT2D eigenvalue weighted by Crippen LogP contribution is 2.13. The van der Waals surface area contributed by atoms with Crippen LogP contribution in [0.25, 0.3) is 0 Å². The third kappa shape index (κ3) is 3.64. The van der Waals surface area contributed by atoms with Gasteiger partial charge in [0.2, 0.25) is 0 Å². The van der Waals surface area contributed by atoms with Crippen LogP contribution in [0, 0.1) is 5.82 Å². The molecule has 6 nitrogen and oxygen atoms in total. The fourth-order valence-corrected chi connectivity index (χ4v) is 1.39. The number of aromatic nitrogens is 1. The van der Waals surface area contributed by atoms with E-state index in [9.17, 15) is 14.0 Å². The van der Waals surface area contributed by atoms with Crippen LogP contribution < -0.4 is 5.32 Å². The maximum atomic E-state index is 12.9. The Bertz CT molecular complexity index is 469. The van der Waals surface area contributed by atoms with Crippen molar-refractivity contribution in [2.45, 2.75) is 12.5 Å². The summed E-state index contributed by atoms with van der Waals surface area (Å²) in [6.45, 7) is -0.410. The van der Waals surface area contributed by atoms with Gasteiger partial charge in [0.15, 0.2) is 0 Å². The van der Waals surface area contributed by atoms with E-state index in [2.05, 4.69) is 10.3 Å². The Morgan fingerprint density at radius 1 is 1.56 bits per heavy atom. The lowest BCUT2D eigenvalue weighted by molar-refractivity contribution is -0.139. The molecule has 0 radical (unpaired) electrons. The van der Waals surface area contributed by atoms with Crippen LogP contribution in [-0.4, -0.2) is 39.7 Å². The summed E-state index contributed by atoms with van der Waals surface area (Å²) in [5, 5.41) is 19.3. The minimum absolute atomic E-state index is 0.165. The summed E-state index contributed by atoms with van der Waals surface area (Å²) in [4.78, 5) is 25.9. The summed E-state index contributed by atoms with van der Waals surface area (Å²) in [6, 6.07) is -0.426. The van der Waals surface area contributed by atoms with Crippen LogP contribution in [0.15, 0.2) is 12.3 Å². The van der Waals surface area contributed by atoms with Crippen molar-refractivity contribution in [3.05, 3.63) is 28.8 Å². The van der Waals surface area contributed by atoms with Crippen molar-refractivity contribution in [3.8, 4) is 0 Å². The molecule has 98 valence electrons. The number of halogens is 2. The fraction of sp³-hybridized carbons (Fsp3) is 0.300. The average molecular weight is 277 g/mol. The number of pyridine rings is 1. The Labute approximate surface area is 106 Å². The summed E-state index contributed by atoms with van der Waals surface area (Å²) in [7, 11) is 0. The molecular weight excluding hydrogens is 267 g/mol. The molecule has 0 unspecified atom stereocenters. The van der Waals surface area contributed by atoms with E-state index in [1.807, 2.05) is 0 Å². The Morgan fingerprint density at radius 2 is 2.22 bits per heavy atom. The zero-order valence-electron chi connectivity index (χ0n) is 9.06. The lowest BCUT2D eigenvalue weighted by Gasteiger charge is -2.13. The van der Waals surface area contributed by atoms with Crippen LogP contribution in [0.3, 0.4) is 0 Å². The quantitative estimate of drug-likeness (QED) is 0.678. The molecule has 3 N–H and O–H groups in total. The highest BCUT2D eigenvalue weighted by molar-refractivity contribution is 6.32. The van der Waals surface area contributed by atoms with Crippen molar-refractivity contribution >= 4 is 23.5 Å². The zero-order chi connectivity index (χ0) is 13.7. The second kappa shape index (κ2) is 6.27. The average Bonchev–Trinajstić information content (AvgIpc) is 2.31. The SMILES string of the molecule is O=C(N[C@@H](CCO)C(=O)O)c1cc(F)cnc1Cl.